The summed E-state index contributed by atoms with van der Waals surface area (Å²) in [7, 11) is 0. The summed E-state index contributed by atoms with van der Waals surface area (Å²) in [4.78, 5) is 27.2. The second kappa shape index (κ2) is 9.50. The second-order valence-electron chi connectivity index (χ2n) is 9.00. The summed E-state index contributed by atoms with van der Waals surface area (Å²) in [6.45, 7) is 12.6. The third-order valence-electron chi connectivity index (χ3n) is 5.57. The summed E-state index contributed by atoms with van der Waals surface area (Å²) in [5.74, 6) is 1.03. The van der Waals surface area contributed by atoms with Gasteiger partial charge in [0.05, 0.1) is 6.54 Å². The first-order chi connectivity index (χ1) is 12.7. The Morgan fingerprint density at radius 2 is 1.74 bits per heavy atom. The number of carbonyl (C=O) groups is 2. The lowest BCUT2D eigenvalue weighted by Gasteiger charge is -2.32. The van der Waals surface area contributed by atoms with E-state index < -0.39 is 0 Å². The maximum Gasteiger partial charge on any atom is 0.234 e. The van der Waals surface area contributed by atoms with Crippen molar-refractivity contribution in [1.82, 2.24) is 10.2 Å². The lowest BCUT2D eigenvalue weighted by molar-refractivity contribution is -0.124. The van der Waals surface area contributed by atoms with E-state index in [1.54, 1.807) is 0 Å². The van der Waals surface area contributed by atoms with Gasteiger partial charge in [-0.15, -0.1) is 0 Å². The minimum absolute atomic E-state index is 0.0762. The van der Waals surface area contributed by atoms with E-state index in [1.165, 1.54) is 5.56 Å². The molecule has 1 aliphatic heterocycles. The number of Topliss-reactive ketones (excluding diaryl/α,β-unsaturated/α-hetero) is 1. The van der Waals surface area contributed by atoms with E-state index in [0.717, 1.165) is 44.3 Å². The molecule has 150 valence electrons. The summed E-state index contributed by atoms with van der Waals surface area (Å²) in [5, 5.41) is 3.08. The van der Waals surface area contributed by atoms with Gasteiger partial charge in [-0.2, -0.15) is 0 Å². The molecule has 0 aliphatic carbocycles. The molecule has 1 heterocycles. The van der Waals surface area contributed by atoms with Gasteiger partial charge in [-0.1, -0.05) is 45.0 Å². The SMILES string of the molecule is CCC(C)(C)NC(=O)CN1CCC(C(=O)c2ccc(CC(C)C)cc2)CC1. The summed E-state index contributed by atoms with van der Waals surface area (Å²) in [6.07, 6.45) is 3.61. The summed E-state index contributed by atoms with van der Waals surface area (Å²) >= 11 is 0. The van der Waals surface area contributed by atoms with Crippen LogP contribution in [0.25, 0.3) is 0 Å². The van der Waals surface area contributed by atoms with Crippen LogP contribution in [0.4, 0.5) is 0 Å². The second-order valence-corrected chi connectivity index (χ2v) is 9.00. The minimum Gasteiger partial charge on any atom is -0.350 e. The number of hydrogen-bond acceptors (Lipinski definition) is 3. The molecule has 0 atom stereocenters. The molecule has 1 amide bonds. The van der Waals surface area contributed by atoms with Gasteiger partial charge < -0.3 is 5.32 Å². The number of likely N-dealkylation sites (tertiary alicyclic amines) is 1. The van der Waals surface area contributed by atoms with Crippen molar-refractivity contribution in [3.8, 4) is 0 Å². The first kappa shape index (κ1) is 21.6. The van der Waals surface area contributed by atoms with Crippen molar-refractivity contribution in [1.29, 1.82) is 0 Å². The van der Waals surface area contributed by atoms with E-state index in [-0.39, 0.29) is 23.1 Å². The number of carbonyl (C=O) groups excluding carboxylic acids is 2. The summed E-state index contributed by atoms with van der Waals surface area (Å²) in [5.41, 5.74) is 1.95. The molecular formula is C23H36N2O2. The van der Waals surface area contributed by atoms with Gasteiger partial charge in [0.1, 0.15) is 0 Å². The highest BCUT2D eigenvalue weighted by Crippen LogP contribution is 2.22. The van der Waals surface area contributed by atoms with Gasteiger partial charge in [0, 0.05) is 17.0 Å². The fraction of sp³-hybridized carbons (Fsp3) is 0.652. The third kappa shape index (κ3) is 6.76. The zero-order valence-corrected chi connectivity index (χ0v) is 17.7. The Morgan fingerprint density at radius 1 is 1.15 bits per heavy atom. The van der Waals surface area contributed by atoms with Crippen LogP contribution in [0.5, 0.6) is 0 Å². The molecule has 1 fully saturated rings. The van der Waals surface area contributed by atoms with E-state index in [4.69, 9.17) is 0 Å². The van der Waals surface area contributed by atoms with E-state index in [9.17, 15) is 9.59 Å². The number of rotatable bonds is 8. The Labute approximate surface area is 164 Å². The molecule has 27 heavy (non-hydrogen) atoms. The van der Waals surface area contributed by atoms with Gasteiger partial charge in [-0.3, -0.25) is 14.5 Å². The highest BCUT2D eigenvalue weighted by Gasteiger charge is 2.27. The van der Waals surface area contributed by atoms with Crippen LogP contribution in [0.15, 0.2) is 24.3 Å². The van der Waals surface area contributed by atoms with Gasteiger partial charge in [-0.25, -0.2) is 0 Å². The topological polar surface area (TPSA) is 49.4 Å². The van der Waals surface area contributed by atoms with Crippen molar-refractivity contribution in [2.24, 2.45) is 11.8 Å². The molecule has 1 aliphatic rings. The number of nitrogens with one attached hydrogen (secondary N) is 1. The fourth-order valence-electron chi connectivity index (χ4n) is 3.57. The molecular weight excluding hydrogens is 336 g/mol. The van der Waals surface area contributed by atoms with Crippen molar-refractivity contribution in [2.45, 2.75) is 65.8 Å². The van der Waals surface area contributed by atoms with E-state index in [1.807, 2.05) is 26.0 Å². The van der Waals surface area contributed by atoms with Crippen LogP contribution in [0, 0.1) is 11.8 Å². The number of hydrogen-bond donors (Lipinski definition) is 1. The Balaban J connectivity index is 1.82. The highest BCUT2D eigenvalue weighted by molar-refractivity contribution is 5.98. The molecule has 0 radical (unpaired) electrons. The Kier molecular flexibility index (Phi) is 7.60. The molecule has 0 saturated carbocycles. The number of nitrogens with zero attached hydrogens (tertiary/aromatic N) is 1. The normalized spacial score (nSPS) is 16.5. The van der Waals surface area contributed by atoms with Crippen LogP contribution < -0.4 is 5.32 Å². The van der Waals surface area contributed by atoms with Crippen molar-refractivity contribution in [3.05, 3.63) is 35.4 Å². The molecule has 1 aromatic carbocycles. The first-order valence-corrected chi connectivity index (χ1v) is 10.4. The molecule has 1 saturated heterocycles. The van der Waals surface area contributed by atoms with Crippen LogP contribution in [-0.2, 0) is 11.2 Å². The van der Waals surface area contributed by atoms with E-state index >= 15 is 0 Å². The molecule has 0 spiro atoms. The van der Waals surface area contributed by atoms with Crippen molar-refractivity contribution in [2.75, 3.05) is 19.6 Å². The molecule has 1 N–H and O–H groups in total. The first-order valence-electron chi connectivity index (χ1n) is 10.4. The maximum absolute atomic E-state index is 12.8. The molecule has 0 bridgehead atoms. The standard InChI is InChI=1S/C23H36N2O2/c1-6-23(4,5)24-21(26)16-25-13-11-20(12-14-25)22(27)19-9-7-18(8-10-19)15-17(2)3/h7-10,17,20H,6,11-16H2,1-5H3,(H,24,26). The van der Waals surface area contributed by atoms with Gasteiger partial charge in [0.25, 0.3) is 0 Å². The van der Waals surface area contributed by atoms with Gasteiger partial charge >= 0.3 is 0 Å². The number of ketones is 1. The number of piperidine rings is 1. The summed E-state index contributed by atoms with van der Waals surface area (Å²) in [6, 6.07) is 8.13. The maximum atomic E-state index is 12.8. The van der Waals surface area contributed by atoms with Crippen LogP contribution in [-0.4, -0.2) is 41.8 Å². The molecule has 0 unspecified atom stereocenters. The average molecular weight is 373 g/mol. The fourth-order valence-corrected chi connectivity index (χ4v) is 3.57. The van der Waals surface area contributed by atoms with Crippen molar-refractivity contribution in [3.63, 3.8) is 0 Å². The zero-order chi connectivity index (χ0) is 20.0. The van der Waals surface area contributed by atoms with Crippen LogP contribution in [0.1, 0.15) is 69.8 Å². The highest BCUT2D eigenvalue weighted by atomic mass is 16.2. The predicted octanol–water partition coefficient (Wildman–Crippen LogP) is 4.08. The molecule has 1 aromatic rings. The smallest absolute Gasteiger partial charge is 0.234 e. The lowest BCUT2D eigenvalue weighted by atomic mass is 9.88. The van der Waals surface area contributed by atoms with Gasteiger partial charge in [0.2, 0.25) is 5.91 Å². The molecule has 4 nitrogen and oxygen atoms in total. The lowest BCUT2D eigenvalue weighted by Crippen LogP contribution is -2.49. The predicted molar refractivity (Wildman–Crippen MR) is 111 cm³/mol. The Hall–Kier alpha value is -1.68. The third-order valence-corrected chi connectivity index (χ3v) is 5.57. The van der Waals surface area contributed by atoms with Gasteiger partial charge in [0.15, 0.2) is 5.78 Å². The molecule has 4 heteroatoms. The number of amides is 1. The molecule has 2 rings (SSSR count). The van der Waals surface area contributed by atoms with Crippen LogP contribution in [0.2, 0.25) is 0 Å². The van der Waals surface area contributed by atoms with Crippen LogP contribution in [0.3, 0.4) is 0 Å². The van der Waals surface area contributed by atoms with Gasteiger partial charge in [-0.05, 0) is 64.1 Å². The van der Waals surface area contributed by atoms with Crippen LogP contribution >= 0.6 is 0 Å². The summed E-state index contributed by atoms with van der Waals surface area (Å²) < 4.78 is 0. The Morgan fingerprint density at radius 3 is 2.26 bits per heavy atom. The minimum atomic E-state index is -0.160. The number of benzene rings is 1. The largest absolute Gasteiger partial charge is 0.350 e. The average Bonchev–Trinajstić information content (AvgIpc) is 2.61. The van der Waals surface area contributed by atoms with E-state index in [2.05, 4.69) is 43.1 Å². The van der Waals surface area contributed by atoms with Crippen molar-refractivity contribution < 1.29 is 9.59 Å². The quantitative estimate of drug-likeness (QED) is 0.700. The Bertz CT molecular complexity index is 626. The monoisotopic (exact) mass is 372 g/mol. The van der Waals surface area contributed by atoms with E-state index in [0.29, 0.717) is 12.5 Å². The zero-order valence-electron chi connectivity index (χ0n) is 17.7. The van der Waals surface area contributed by atoms with Crippen molar-refractivity contribution >= 4 is 11.7 Å². The molecule has 0 aromatic heterocycles.